The summed E-state index contributed by atoms with van der Waals surface area (Å²) in [6.45, 7) is 1.83. The van der Waals surface area contributed by atoms with Crippen molar-refractivity contribution < 1.29 is 19.1 Å². The van der Waals surface area contributed by atoms with E-state index >= 15 is 0 Å². The predicted octanol–water partition coefficient (Wildman–Crippen LogP) is 5.21. The number of fused-ring (bicyclic) bond motifs is 1. The van der Waals surface area contributed by atoms with Gasteiger partial charge in [0.15, 0.2) is 22.9 Å². The summed E-state index contributed by atoms with van der Waals surface area (Å²) in [5, 5.41) is 14.1. The van der Waals surface area contributed by atoms with E-state index in [1.54, 1.807) is 55.7 Å². The summed E-state index contributed by atoms with van der Waals surface area (Å²) in [6.07, 6.45) is 4.85. The molecule has 7 nitrogen and oxygen atoms in total. The Morgan fingerprint density at radius 2 is 2.14 bits per heavy atom. The summed E-state index contributed by atoms with van der Waals surface area (Å²) in [5.41, 5.74) is 1.89. The fraction of sp³-hybridized carbons (Fsp3) is 0.0952. The third-order valence-corrected chi connectivity index (χ3v) is 4.55. The monoisotopic (exact) mass is 409 g/mol. The van der Waals surface area contributed by atoms with Crippen molar-refractivity contribution in [2.24, 2.45) is 4.99 Å². The second-order valence-corrected chi connectivity index (χ2v) is 6.48. The Labute approximate surface area is 171 Å². The Balaban J connectivity index is 1.78. The van der Waals surface area contributed by atoms with Gasteiger partial charge >= 0.3 is 5.97 Å². The molecule has 3 heterocycles. The number of rotatable bonds is 5. The van der Waals surface area contributed by atoms with Crippen LogP contribution in [0.5, 0.6) is 5.75 Å². The number of carbonyl (C=O) groups is 1. The number of aromatic nitrogens is 1. The first-order valence-corrected chi connectivity index (χ1v) is 9.22. The molecule has 4 rings (SSSR count). The minimum absolute atomic E-state index is 0.0299. The number of aliphatic imine (C=N–C) groups is 1. The average Bonchev–Trinajstić information content (AvgIpc) is 3.25. The van der Waals surface area contributed by atoms with Crippen LogP contribution in [0.3, 0.4) is 0 Å². The highest BCUT2D eigenvalue weighted by Gasteiger charge is 2.27. The topological polar surface area (TPSA) is 97.0 Å². The fourth-order valence-corrected chi connectivity index (χ4v) is 3.07. The van der Waals surface area contributed by atoms with E-state index in [4.69, 9.17) is 20.8 Å². The summed E-state index contributed by atoms with van der Waals surface area (Å²) in [6, 6.07) is 10.6. The number of esters is 1. The van der Waals surface area contributed by atoms with Crippen molar-refractivity contribution in [2.45, 2.75) is 6.92 Å². The van der Waals surface area contributed by atoms with Crippen LogP contribution in [0.2, 0.25) is 5.02 Å². The molecule has 8 heteroatoms. The summed E-state index contributed by atoms with van der Waals surface area (Å²) >= 11 is 6.19. The number of halogens is 1. The van der Waals surface area contributed by atoms with Crippen molar-refractivity contribution in [2.75, 3.05) is 11.9 Å². The van der Waals surface area contributed by atoms with E-state index in [0.29, 0.717) is 22.1 Å². The van der Waals surface area contributed by atoms with Crippen LogP contribution < -0.4 is 5.32 Å². The van der Waals surface area contributed by atoms with Gasteiger partial charge in [0, 0.05) is 23.5 Å². The second kappa shape index (κ2) is 7.81. The van der Waals surface area contributed by atoms with Gasteiger partial charge in [0.25, 0.3) is 0 Å². The lowest BCUT2D eigenvalue weighted by Crippen LogP contribution is -2.06. The van der Waals surface area contributed by atoms with Crippen molar-refractivity contribution in [3.05, 3.63) is 64.5 Å². The Hall–Kier alpha value is -3.58. The minimum Gasteiger partial charge on any atom is -0.504 e. The molecular formula is C21H16ClN3O4. The van der Waals surface area contributed by atoms with Gasteiger partial charge in [-0.3, -0.25) is 0 Å². The van der Waals surface area contributed by atoms with E-state index in [2.05, 4.69) is 15.3 Å². The van der Waals surface area contributed by atoms with Gasteiger partial charge in [0.2, 0.25) is 5.88 Å². The molecule has 0 saturated heterocycles. The lowest BCUT2D eigenvalue weighted by molar-refractivity contribution is 0.0524. The largest absolute Gasteiger partial charge is 0.504 e. The molecule has 1 aromatic carbocycles. The van der Waals surface area contributed by atoms with E-state index in [0.717, 1.165) is 5.56 Å². The maximum atomic E-state index is 12.4. The average molecular weight is 410 g/mol. The molecule has 0 aliphatic carbocycles. The zero-order valence-electron chi connectivity index (χ0n) is 15.3. The van der Waals surface area contributed by atoms with E-state index in [9.17, 15) is 9.90 Å². The molecule has 29 heavy (non-hydrogen) atoms. The van der Waals surface area contributed by atoms with Crippen LogP contribution in [-0.4, -0.2) is 28.9 Å². The Morgan fingerprint density at radius 3 is 2.93 bits per heavy atom. The van der Waals surface area contributed by atoms with Crippen molar-refractivity contribution in [1.29, 1.82) is 0 Å². The molecule has 3 aromatic rings. The zero-order valence-corrected chi connectivity index (χ0v) is 16.1. The number of para-hydroxylation sites is 1. The molecule has 0 saturated carbocycles. The molecule has 0 radical (unpaired) electrons. The number of hydrogen-bond acceptors (Lipinski definition) is 7. The quantitative estimate of drug-likeness (QED) is 0.561. The lowest BCUT2D eigenvalue weighted by Gasteiger charge is -2.07. The third-order valence-electron chi connectivity index (χ3n) is 4.22. The molecular weight excluding hydrogens is 394 g/mol. The number of benzene rings is 1. The summed E-state index contributed by atoms with van der Waals surface area (Å²) in [5.74, 6) is -0.362. The maximum Gasteiger partial charge on any atom is 0.347 e. The highest BCUT2D eigenvalue weighted by molar-refractivity contribution is 6.33. The van der Waals surface area contributed by atoms with Gasteiger partial charge in [-0.05, 0) is 37.3 Å². The first-order chi connectivity index (χ1) is 14.1. The normalized spacial score (nSPS) is 13.5. The number of pyridine rings is 1. The summed E-state index contributed by atoms with van der Waals surface area (Å²) < 4.78 is 10.8. The van der Waals surface area contributed by atoms with Gasteiger partial charge < -0.3 is 19.6 Å². The molecule has 2 aromatic heterocycles. The minimum atomic E-state index is -0.713. The van der Waals surface area contributed by atoms with E-state index in [1.807, 2.05) is 6.07 Å². The van der Waals surface area contributed by atoms with Crippen molar-refractivity contribution >= 4 is 52.8 Å². The van der Waals surface area contributed by atoms with Crippen molar-refractivity contribution in [1.82, 2.24) is 4.98 Å². The summed E-state index contributed by atoms with van der Waals surface area (Å²) in [4.78, 5) is 20.8. The van der Waals surface area contributed by atoms with Crippen LogP contribution in [0, 0.1) is 0 Å². The highest BCUT2D eigenvalue weighted by Crippen LogP contribution is 2.40. The van der Waals surface area contributed by atoms with E-state index < -0.39 is 5.97 Å². The number of nitrogens with zero attached hydrogens (tertiary/aromatic N) is 2. The fourth-order valence-electron chi connectivity index (χ4n) is 2.89. The molecule has 1 aliphatic rings. The van der Waals surface area contributed by atoms with Crippen LogP contribution in [0.4, 0.5) is 17.4 Å². The van der Waals surface area contributed by atoms with Crippen LogP contribution in [0.1, 0.15) is 28.6 Å². The SMILES string of the molecule is CCOC(=O)c1c(Nc2ccccc2Cl)oc(/C=C2/C=Nc3ncccc32)c1O. The molecule has 1 aliphatic heterocycles. The second-order valence-electron chi connectivity index (χ2n) is 6.08. The highest BCUT2D eigenvalue weighted by atomic mass is 35.5. The molecule has 0 atom stereocenters. The van der Waals surface area contributed by atoms with Crippen LogP contribution >= 0.6 is 11.6 Å². The van der Waals surface area contributed by atoms with Gasteiger partial charge in [-0.15, -0.1) is 0 Å². The van der Waals surface area contributed by atoms with E-state index in [-0.39, 0.29) is 29.6 Å². The number of anilines is 2. The first-order valence-electron chi connectivity index (χ1n) is 8.84. The van der Waals surface area contributed by atoms with Crippen molar-refractivity contribution in [3.63, 3.8) is 0 Å². The number of nitrogens with one attached hydrogen (secondary N) is 1. The lowest BCUT2D eigenvalue weighted by atomic mass is 10.1. The standard InChI is InChI=1S/C21H16ClN3O4/c1-2-28-21(27)17-18(26)16(10-12-11-24-19-13(12)6-5-9-23-19)29-20(17)25-15-8-4-3-7-14(15)22/h3-11,25-26H,2H2,1H3/b12-10-. The molecule has 0 bridgehead atoms. The van der Waals surface area contributed by atoms with Gasteiger partial charge in [-0.1, -0.05) is 23.7 Å². The number of carbonyl (C=O) groups excluding carboxylic acids is 1. The number of allylic oxidation sites excluding steroid dienone is 1. The molecule has 0 amide bonds. The third kappa shape index (κ3) is 3.60. The Kier molecular flexibility index (Phi) is 5.05. The Morgan fingerprint density at radius 1 is 1.31 bits per heavy atom. The summed E-state index contributed by atoms with van der Waals surface area (Å²) in [7, 11) is 0. The number of furan rings is 1. The van der Waals surface area contributed by atoms with Gasteiger partial charge in [-0.25, -0.2) is 14.8 Å². The maximum absolute atomic E-state index is 12.4. The molecule has 2 N–H and O–H groups in total. The van der Waals surface area contributed by atoms with E-state index in [1.165, 1.54) is 0 Å². The number of aromatic hydroxyl groups is 1. The number of hydrogen-bond donors (Lipinski definition) is 2. The van der Waals surface area contributed by atoms with Gasteiger partial charge in [0.1, 0.15) is 0 Å². The van der Waals surface area contributed by atoms with Crippen molar-refractivity contribution in [3.8, 4) is 5.75 Å². The van der Waals surface area contributed by atoms with Gasteiger partial charge in [0.05, 0.1) is 17.3 Å². The molecule has 0 fully saturated rings. The predicted molar refractivity (Wildman–Crippen MR) is 111 cm³/mol. The van der Waals surface area contributed by atoms with Crippen LogP contribution in [-0.2, 0) is 4.74 Å². The Bertz CT molecular complexity index is 1150. The van der Waals surface area contributed by atoms with Gasteiger partial charge in [-0.2, -0.15) is 0 Å². The molecule has 146 valence electrons. The van der Waals surface area contributed by atoms with Crippen LogP contribution in [0.15, 0.2) is 52.0 Å². The zero-order chi connectivity index (χ0) is 20.4. The molecule has 0 spiro atoms. The van der Waals surface area contributed by atoms with Crippen LogP contribution in [0.25, 0.3) is 11.6 Å². The first kappa shape index (κ1) is 18.8. The molecule has 0 unspecified atom stereocenters. The number of ether oxygens (including phenoxy) is 1. The smallest absolute Gasteiger partial charge is 0.347 e.